The molecule has 6 heteroatoms. The molecule has 0 fully saturated rings. The minimum Gasteiger partial charge on any atom is -0.481 e. The standard InChI is InChI=1S/C21H20FN3O2/c1-24-11-16(10-23-24)18-13-25(12-15-6-2-3-7-17(15)18)21(26)14-27-20-9-5-4-8-19(20)22/h2-11,18H,12-14H2,1H3. The second kappa shape index (κ2) is 7.23. The van der Waals surface area contributed by atoms with E-state index >= 15 is 0 Å². The number of para-hydroxylation sites is 1. The smallest absolute Gasteiger partial charge is 0.260 e. The minimum absolute atomic E-state index is 0.0565. The summed E-state index contributed by atoms with van der Waals surface area (Å²) in [4.78, 5) is 14.5. The predicted octanol–water partition coefficient (Wildman–Crippen LogP) is 3.11. The molecule has 0 N–H and O–H groups in total. The van der Waals surface area contributed by atoms with Crippen LogP contribution in [0.1, 0.15) is 22.6 Å². The van der Waals surface area contributed by atoms with Crippen molar-refractivity contribution in [1.82, 2.24) is 14.7 Å². The molecule has 1 amide bonds. The second-order valence-electron chi connectivity index (χ2n) is 6.69. The Kier molecular flexibility index (Phi) is 4.62. The lowest BCUT2D eigenvalue weighted by molar-refractivity contribution is -0.134. The molecule has 0 saturated heterocycles. The van der Waals surface area contributed by atoms with E-state index < -0.39 is 5.82 Å². The molecule has 1 aromatic heterocycles. The van der Waals surface area contributed by atoms with Crippen molar-refractivity contribution >= 4 is 5.91 Å². The molecule has 5 nitrogen and oxygen atoms in total. The van der Waals surface area contributed by atoms with Crippen molar-refractivity contribution in [1.29, 1.82) is 0 Å². The van der Waals surface area contributed by atoms with E-state index in [1.54, 1.807) is 21.7 Å². The molecule has 3 aromatic rings. The topological polar surface area (TPSA) is 47.4 Å². The third-order valence-corrected chi connectivity index (χ3v) is 4.86. The van der Waals surface area contributed by atoms with Crippen molar-refractivity contribution in [2.45, 2.75) is 12.5 Å². The van der Waals surface area contributed by atoms with E-state index in [2.05, 4.69) is 11.2 Å². The summed E-state index contributed by atoms with van der Waals surface area (Å²) in [6.45, 7) is 0.872. The average molecular weight is 365 g/mol. The number of halogens is 1. The van der Waals surface area contributed by atoms with Crippen molar-refractivity contribution < 1.29 is 13.9 Å². The molecular weight excluding hydrogens is 345 g/mol. The van der Waals surface area contributed by atoms with Gasteiger partial charge in [-0.2, -0.15) is 5.10 Å². The average Bonchev–Trinajstić information content (AvgIpc) is 3.12. The van der Waals surface area contributed by atoms with Crippen LogP contribution in [0.25, 0.3) is 0 Å². The second-order valence-corrected chi connectivity index (χ2v) is 6.69. The van der Waals surface area contributed by atoms with Crippen LogP contribution in [-0.4, -0.2) is 33.7 Å². The molecule has 0 saturated carbocycles. The SMILES string of the molecule is Cn1cc(C2CN(C(=O)COc3ccccc3F)Cc3ccccc32)cn1. The summed E-state index contributed by atoms with van der Waals surface area (Å²) in [7, 11) is 1.88. The highest BCUT2D eigenvalue weighted by molar-refractivity contribution is 5.78. The van der Waals surface area contributed by atoms with Crippen molar-refractivity contribution in [2.24, 2.45) is 7.05 Å². The Labute approximate surface area is 157 Å². The van der Waals surface area contributed by atoms with Crippen LogP contribution >= 0.6 is 0 Å². The lowest BCUT2D eigenvalue weighted by atomic mass is 9.86. The number of carbonyl (C=O) groups is 1. The number of rotatable bonds is 4. The van der Waals surface area contributed by atoms with Crippen molar-refractivity contribution in [3.63, 3.8) is 0 Å². The molecule has 0 radical (unpaired) electrons. The van der Waals surface area contributed by atoms with E-state index in [0.29, 0.717) is 13.1 Å². The van der Waals surface area contributed by atoms with E-state index in [-0.39, 0.29) is 24.2 Å². The molecule has 27 heavy (non-hydrogen) atoms. The van der Waals surface area contributed by atoms with Crippen LogP contribution in [0.2, 0.25) is 0 Å². The Morgan fingerprint density at radius 3 is 2.78 bits per heavy atom. The number of aromatic nitrogens is 2. The molecule has 4 rings (SSSR count). The number of hydrogen-bond donors (Lipinski definition) is 0. The van der Waals surface area contributed by atoms with Crippen LogP contribution in [0, 0.1) is 5.82 Å². The molecule has 1 aliphatic rings. The lowest BCUT2D eigenvalue weighted by Crippen LogP contribution is -2.41. The highest BCUT2D eigenvalue weighted by Crippen LogP contribution is 2.33. The number of amides is 1. The molecule has 2 aromatic carbocycles. The number of hydrogen-bond acceptors (Lipinski definition) is 3. The largest absolute Gasteiger partial charge is 0.481 e. The number of carbonyl (C=O) groups excluding carboxylic acids is 1. The van der Waals surface area contributed by atoms with E-state index in [0.717, 1.165) is 11.1 Å². The molecule has 0 bridgehead atoms. The summed E-state index contributed by atoms with van der Waals surface area (Å²) < 4.78 is 20.9. The van der Waals surface area contributed by atoms with Crippen molar-refractivity contribution in [2.75, 3.05) is 13.2 Å². The lowest BCUT2D eigenvalue weighted by Gasteiger charge is -2.34. The summed E-state index contributed by atoms with van der Waals surface area (Å²) in [5, 5.41) is 4.27. The zero-order valence-electron chi connectivity index (χ0n) is 15.0. The number of benzene rings is 2. The first-order chi connectivity index (χ1) is 13.1. The first-order valence-corrected chi connectivity index (χ1v) is 8.83. The van der Waals surface area contributed by atoms with E-state index in [1.807, 2.05) is 37.6 Å². The number of aryl methyl sites for hydroxylation is 1. The summed E-state index contributed by atoms with van der Waals surface area (Å²) in [6, 6.07) is 14.2. The third kappa shape index (κ3) is 3.56. The first kappa shape index (κ1) is 17.3. The van der Waals surface area contributed by atoms with Gasteiger partial charge in [0.05, 0.1) is 6.20 Å². The Balaban J connectivity index is 1.54. The molecule has 2 heterocycles. The summed E-state index contributed by atoms with van der Waals surface area (Å²) in [5.74, 6) is -0.489. The van der Waals surface area contributed by atoms with Gasteiger partial charge in [0.15, 0.2) is 18.2 Å². The minimum atomic E-state index is -0.470. The number of nitrogens with zero attached hydrogens (tertiary/aromatic N) is 3. The summed E-state index contributed by atoms with van der Waals surface area (Å²) in [6.07, 6.45) is 3.82. The van der Waals surface area contributed by atoms with Gasteiger partial charge in [-0.1, -0.05) is 36.4 Å². The maximum Gasteiger partial charge on any atom is 0.260 e. The molecule has 1 aliphatic heterocycles. The van der Waals surface area contributed by atoms with Gasteiger partial charge in [-0.05, 0) is 28.8 Å². The maximum atomic E-state index is 13.7. The Hall–Kier alpha value is -3.15. The maximum absolute atomic E-state index is 13.7. The van der Waals surface area contributed by atoms with E-state index in [1.165, 1.54) is 17.7 Å². The zero-order valence-corrected chi connectivity index (χ0v) is 15.0. The molecule has 0 spiro atoms. The van der Waals surface area contributed by atoms with Crippen molar-refractivity contribution in [3.8, 4) is 5.75 Å². The Bertz CT molecular complexity index is 969. The highest BCUT2D eigenvalue weighted by Gasteiger charge is 2.30. The third-order valence-electron chi connectivity index (χ3n) is 4.86. The first-order valence-electron chi connectivity index (χ1n) is 8.83. The summed E-state index contributed by atoms with van der Waals surface area (Å²) >= 11 is 0. The van der Waals surface area contributed by atoms with Gasteiger partial charge >= 0.3 is 0 Å². The predicted molar refractivity (Wildman–Crippen MR) is 98.8 cm³/mol. The van der Waals surface area contributed by atoms with Crippen LogP contribution in [0.3, 0.4) is 0 Å². The van der Waals surface area contributed by atoms with Crippen LogP contribution in [0.15, 0.2) is 60.9 Å². The van der Waals surface area contributed by atoms with Gasteiger partial charge in [-0.25, -0.2) is 4.39 Å². The van der Waals surface area contributed by atoms with E-state index in [9.17, 15) is 9.18 Å². The number of ether oxygens (including phenoxy) is 1. The van der Waals surface area contributed by atoms with Crippen LogP contribution in [0.5, 0.6) is 5.75 Å². The highest BCUT2D eigenvalue weighted by atomic mass is 19.1. The molecule has 1 atom stereocenters. The molecule has 138 valence electrons. The van der Waals surface area contributed by atoms with Crippen LogP contribution < -0.4 is 4.74 Å². The molecule has 1 unspecified atom stereocenters. The van der Waals surface area contributed by atoms with Crippen LogP contribution in [-0.2, 0) is 18.4 Å². The zero-order chi connectivity index (χ0) is 18.8. The fourth-order valence-corrected chi connectivity index (χ4v) is 3.49. The van der Waals surface area contributed by atoms with E-state index in [4.69, 9.17) is 4.74 Å². The Morgan fingerprint density at radius 1 is 1.22 bits per heavy atom. The van der Waals surface area contributed by atoms with Gasteiger partial charge in [0.1, 0.15) is 0 Å². The fourth-order valence-electron chi connectivity index (χ4n) is 3.49. The quantitative estimate of drug-likeness (QED) is 0.714. The van der Waals surface area contributed by atoms with Gasteiger partial charge in [-0.15, -0.1) is 0 Å². The Morgan fingerprint density at radius 2 is 2.00 bits per heavy atom. The van der Waals surface area contributed by atoms with Gasteiger partial charge in [0.2, 0.25) is 0 Å². The number of fused-ring (bicyclic) bond motifs is 1. The van der Waals surface area contributed by atoms with Gasteiger partial charge in [0.25, 0.3) is 5.91 Å². The van der Waals surface area contributed by atoms with Gasteiger partial charge in [-0.3, -0.25) is 9.48 Å². The van der Waals surface area contributed by atoms with Gasteiger partial charge < -0.3 is 9.64 Å². The monoisotopic (exact) mass is 365 g/mol. The normalized spacial score (nSPS) is 16.1. The fraction of sp³-hybridized carbons (Fsp3) is 0.238. The van der Waals surface area contributed by atoms with Crippen LogP contribution in [0.4, 0.5) is 4.39 Å². The van der Waals surface area contributed by atoms with Crippen molar-refractivity contribution in [3.05, 3.63) is 83.4 Å². The molecular formula is C21H20FN3O2. The summed E-state index contributed by atoms with van der Waals surface area (Å²) in [5.41, 5.74) is 3.39. The molecule has 0 aliphatic carbocycles. The van der Waals surface area contributed by atoms with Gasteiger partial charge in [0, 0.05) is 32.3 Å².